The van der Waals surface area contributed by atoms with Gasteiger partial charge in [0.25, 0.3) is 0 Å². The van der Waals surface area contributed by atoms with Gasteiger partial charge in [0.1, 0.15) is 53.0 Å². The summed E-state index contributed by atoms with van der Waals surface area (Å²) in [6, 6.07) is 24.0. The number of carbonyl (C=O) groups is 2. The van der Waals surface area contributed by atoms with E-state index in [4.69, 9.17) is 14.0 Å². The number of carbonyl (C=O) groups excluding carboxylic acids is 2. The molecule has 3 atom stereocenters. The standard InChI is InChI=1S/C31H28N4O8/c1-17-22(30(39)43-35-25-13-7-6-12-24(25)33-34-35)14-27(42-17)29(38)28(37)26(36)15-32-31(40)41-16-23-20-10-4-2-8-18(20)19-9-3-5-11-21(19)23/h2-14,23,26,28-29,36-38H,15-16H2,1H3,(H,32,40)/t26-,28-,29-/m1/s1. The van der Waals surface area contributed by atoms with Gasteiger partial charge in [0.2, 0.25) is 0 Å². The summed E-state index contributed by atoms with van der Waals surface area (Å²) in [6.07, 6.45) is -5.85. The fourth-order valence-electron chi connectivity index (χ4n) is 5.23. The van der Waals surface area contributed by atoms with Crippen molar-refractivity contribution in [1.82, 2.24) is 20.5 Å². The lowest BCUT2D eigenvalue weighted by Gasteiger charge is -2.22. The molecule has 0 aliphatic heterocycles. The first-order valence-corrected chi connectivity index (χ1v) is 13.6. The molecule has 1 amide bonds. The highest BCUT2D eigenvalue weighted by Crippen LogP contribution is 2.44. The monoisotopic (exact) mass is 584 g/mol. The molecule has 2 aromatic heterocycles. The number of hydrogen-bond acceptors (Lipinski definition) is 10. The van der Waals surface area contributed by atoms with Crippen molar-refractivity contribution in [1.29, 1.82) is 0 Å². The summed E-state index contributed by atoms with van der Waals surface area (Å²) < 4.78 is 10.9. The SMILES string of the molecule is Cc1oc([C@@H](O)[C@H](O)[C@H](O)CNC(=O)OCC2c3ccccc3-c3ccccc32)cc1C(=O)On1nnc2ccccc21. The van der Waals surface area contributed by atoms with Crippen molar-refractivity contribution in [3.8, 4) is 11.1 Å². The van der Waals surface area contributed by atoms with Crippen LogP contribution in [0, 0.1) is 6.92 Å². The first kappa shape index (κ1) is 28.1. The van der Waals surface area contributed by atoms with Crippen LogP contribution in [0.1, 0.15) is 45.0 Å². The average molecular weight is 585 g/mol. The zero-order valence-electron chi connectivity index (χ0n) is 23.0. The van der Waals surface area contributed by atoms with Crippen LogP contribution in [0.5, 0.6) is 0 Å². The number of fused-ring (bicyclic) bond motifs is 4. The van der Waals surface area contributed by atoms with Crippen LogP contribution in [-0.2, 0) is 4.74 Å². The summed E-state index contributed by atoms with van der Waals surface area (Å²) >= 11 is 0. The number of benzene rings is 3. The van der Waals surface area contributed by atoms with Gasteiger partial charge in [-0.1, -0.05) is 65.5 Å². The Kier molecular flexibility index (Phi) is 7.63. The summed E-state index contributed by atoms with van der Waals surface area (Å²) in [6.45, 7) is 1.15. The van der Waals surface area contributed by atoms with Gasteiger partial charge in [-0.3, -0.25) is 0 Å². The second-order valence-electron chi connectivity index (χ2n) is 10.2. The van der Waals surface area contributed by atoms with Crippen molar-refractivity contribution in [2.75, 3.05) is 13.2 Å². The lowest BCUT2D eigenvalue weighted by molar-refractivity contribution is -0.0664. The van der Waals surface area contributed by atoms with E-state index in [2.05, 4.69) is 15.6 Å². The highest BCUT2D eigenvalue weighted by molar-refractivity contribution is 5.91. The highest BCUT2D eigenvalue weighted by atomic mass is 16.7. The first-order chi connectivity index (χ1) is 20.8. The third-order valence-corrected chi connectivity index (χ3v) is 7.46. The Hall–Kier alpha value is -5.04. The number of alkyl carbamates (subject to hydrolysis) is 1. The van der Waals surface area contributed by atoms with Crippen LogP contribution in [0.2, 0.25) is 0 Å². The van der Waals surface area contributed by atoms with Gasteiger partial charge in [-0.25, -0.2) is 9.59 Å². The maximum absolute atomic E-state index is 12.8. The number of rotatable bonds is 9. The number of para-hydroxylation sites is 1. The van der Waals surface area contributed by atoms with Gasteiger partial charge in [-0.05, 0) is 52.6 Å². The van der Waals surface area contributed by atoms with E-state index in [0.717, 1.165) is 27.1 Å². The Morgan fingerprint density at radius 3 is 2.35 bits per heavy atom. The molecule has 12 nitrogen and oxygen atoms in total. The number of hydrogen-bond donors (Lipinski definition) is 4. The number of aliphatic hydroxyl groups excluding tert-OH is 3. The van der Waals surface area contributed by atoms with Crippen LogP contribution in [0.25, 0.3) is 22.2 Å². The van der Waals surface area contributed by atoms with Crippen LogP contribution in [0.15, 0.2) is 83.3 Å². The molecule has 0 bridgehead atoms. The Morgan fingerprint density at radius 1 is 0.977 bits per heavy atom. The quantitative estimate of drug-likeness (QED) is 0.189. The zero-order chi connectivity index (χ0) is 30.1. The molecule has 4 N–H and O–H groups in total. The molecule has 12 heteroatoms. The molecule has 1 aliphatic rings. The van der Waals surface area contributed by atoms with Crippen LogP contribution in [0.3, 0.4) is 0 Å². The van der Waals surface area contributed by atoms with Gasteiger partial charge in [-0.15, -0.1) is 5.10 Å². The van der Waals surface area contributed by atoms with Crippen molar-refractivity contribution < 1.29 is 38.9 Å². The number of aromatic nitrogens is 3. The molecule has 0 saturated carbocycles. The Morgan fingerprint density at radius 2 is 1.63 bits per heavy atom. The summed E-state index contributed by atoms with van der Waals surface area (Å²) in [7, 11) is 0. The predicted molar refractivity (Wildman–Crippen MR) is 152 cm³/mol. The van der Waals surface area contributed by atoms with E-state index in [1.165, 1.54) is 13.0 Å². The van der Waals surface area contributed by atoms with Crippen molar-refractivity contribution in [2.45, 2.75) is 31.2 Å². The van der Waals surface area contributed by atoms with E-state index in [9.17, 15) is 24.9 Å². The molecule has 0 spiro atoms. The number of aliphatic hydroxyl groups is 3. The minimum absolute atomic E-state index is 0.0212. The number of ether oxygens (including phenoxy) is 1. The molecule has 0 unspecified atom stereocenters. The maximum Gasteiger partial charge on any atom is 0.407 e. The van der Waals surface area contributed by atoms with E-state index in [0.29, 0.717) is 11.0 Å². The van der Waals surface area contributed by atoms with E-state index < -0.39 is 36.9 Å². The summed E-state index contributed by atoms with van der Waals surface area (Å²) in [5, 5.41) is 41.8. The van der Waals surface area contributed by atoms with E-state index in [1.807, 2.05) is 48.5 Å². The van der Waals surface area contributed by atoms with E-state index in [-0.39, 0.29) is 29.6 Å². The highest BCUT2D eigenvalue weighted by Gasteiger charge is 2.32. The normalized spacial score (nSPS) is 14.5. The molecule has 3 aromatic carbocycles. The van der Waals surface area contributed by atoms with E-state index in [1.54, 1.807) is 24.3 Å². The fourth-order valence-corrected chi connectivity index (χ4v) is 5.23. The van der Waals surface area contributed by atoms with Crippen LogP contribution < -0.4 is 10.2 Å². The number of furan rings is 1. The minimum Gasteiger partial charge on any atom is -0.463 e. The molecule has 1 aliphatic carbocycles. The molecular formula is C31H28N4O8. The number of amides is 1. The Bertz CT molecular complexity index is 1750. The average Bonchev–Trinajstić information content (AvgIpc) is 3.71. The molecule has 0 radical (unpaired) electrons. The van der Waals surface area contributed by atoms with Gasteiger partial charge >= 0.3 is 12.1 Å². The van der Waals surface area contributed by atoms with Gasteiger partial charge < -0.3 is 34.6 Å². The summed E-state index contributed by atoms with van der Waals surface area (Å²) in [5.41, 5.74) is 5.28. The molecule has 5 aromatic rings. The third kappa shape index (κ3) is 5.46. The van der Waals surface area contributed by atoms with Crippen molar-refractivity contribution in [3.63, 3.8) is 0 Å². The number of aryl methyl sites for hydroxylation is 1. The minimum atomic E-state index is -1.76. The molecule has 6 rings (SSSR count). The Labute approximate surface area is 245 Å². The number of nitrogens with one attached hydrogen (secondary N) is 1. The summed E-state index contributed by atoms with van der Waals surface area (Å²) in [5.74, 6) is -1.04. The van der Waals surface area contributed by atoms with Gasteiger partial charge in [0, 0.05) is 12.5 Å². The lowest BCUT2D eigenvalue weighted by Crippen LogP contribution is -2.42. The molecule has 43 heavy (non-hydrogen) atoms. The second-order valence-corrected chi connectivity index (χ2v) is 10.2. The molecule has 2 heterocycles. The fraction of sp³-hybridized carbons (Fsp3) is 0.226. The molecule has 220 valence electrons. The largest absolute Gasteiger partial charge is 0.463 e. The third-order valence-electron chi connectivity index (χ3n) is 7.46. The predicted octanol–water partition coefficient (Wildman–Crippen LogP) is 2.90. The maximum atomic E-state index is 12.8. The first-order valence-electron chi connectivity index (χ1n) is 13.6. The van der Waals surface area contributed by atoms with Gasteiger partial charge in [0.05, 0.1) is 0 Å². The smallest absolute Gasteiger partial charge is 0.407 e. The van der Waals surface area contributed by atoms with Crippen LogP contribution in [-0.4, -0.2) is 67.9 Å². The second kappa shape index (κ2) is 11.7. The molecular weight excluding hydrogens is 556 g/mol. The van der Waals surface area contributed by atoms with Crippen molar-refractivity contribution in [2.24, 2.45) is 0 Å². The molecule has 0 saturated heterocycles. The van der Waals surface area contributed by atoms with Gasteiger partial charge in [0.15, 0.2) is 0 Å². The van der Waals surface area contributed by atoms with E-state index >= 15 is 0 Å². The Balaban J connectivity index is 1.03. The van der Waals surface area contributed by atoms with Crippen LogP contribution in [0.4, 0.5) is 4.79 Å². The van der Waals surface area contributed by atoms with Crippen molar-refractivity contribution >= 4 is 23.1 Å². The van der Waals surface area contributed by atoms with Crippen LogP contribution >= 0.6 is 0 Å². The zero-order valence-corrected chi connectivity index (χ0v) is 23.0. The van der Waals surface area contributed by atoms with Crippen molar-refractivity contribution in [3.05, 3.63) is 107 Å². The topological polar surface area (TPSA) is 169 Å². The lowest BCUT2D eigenvalue weighted by atomic mass is 9.98. The summed E-state index contributed by atoms with van der Waals surface area (Å²) in [4.78, 5) is 31.5. The van der Waals surface area contributed by atoms with Gasteiger partial charge in [-0.2, -0.15) is 0 Å². The molecule has 0 fully saturated rings. The number of nitrogens with zero attached hydrogens (tertiary/aromatic N) is 3.